The highest BCUT2D eigenvalue weighted by atomic mass is 127. The molecule has 3 aromatic rings. The van der Waals surface area contributed by atoms with E-state index in [-0.39, 0.29) is 5.91 Å². The second kappa shape index (κ2) is 8.83. The molecule has 5 heteroatoms. The highest BCUT2D eigenvalue weighted by molar-refractivity contribution is 14.1. The summed E-state index contributed by atoms with van der Waals surface area (Å²) in [5.74, 6) is 6.72. The first kappa shape index (κ1) is 21.0. The predicted molar refractivity (Wildman–Crippen MR) is 128 cm³/mol. The van der Waals surface area contributed by atoms with Gasteiger partial charge in [-0.15, -0.1) is 0 Å². The third-order valence-electron chi connectivity index (χ3n) is 5.61. The molecule has 0 radical (unpaired) electrons. The van der Waals surface area contributed by atoms with Crippen LogP contribution in [0.1, 0.15) is 48.7 Å². The highest BCUT2D eigenvalue weighted by Gasteiger charge is 2.50. The van der Waals surface area contributed by atoms with E-state index in [1.165, 1.54) is 10.6 Å². The van der Waals surface area contributed by atoms with Crippen LogP contribution in [0.2, 0.25) is 0 Å². The van der Waals surface area contributed by atoms with E-state index in [1.54, 1.807) is 7.11 Å². The summed E-state index contributed by atoms with van der Waals surface area (Å²) >= 11 is 2.31. The Kier molecular flexibility index (Phi) is 6.16. The van der Waals surface area contributed by atoms with Crippen molar-refractivity contribution in [2.75, 3.05) is 7.11 Å². The van der Waals surface area contributed by atoms with Crippen LogP contribution in [0.5, 0.6) is 0 Å². The number of benzene rings is 2. The van der Waals surface area contributed by atoms with Crippen LogP contribution in [0.25, 0.3) is 10.9 Å². The largest absolute Gasteiger partial charge is 0.300 e. The van der Waals surface area contributed by atoms with E-state index in [0.29, 0.717) is 5.69 Å². The molecule has 0 bridgehead atoms. The molecule has 0 N–H and O–H groups in total. The van der Waals surface area contributed by atoms with E-state index in [0.717, 1.165) is 46.6 Å². The standard InChI is InChI=1S/C25H25IN2O2/c1-3-4-15-25(16-9-8-12-19-10-6-5-7-11-19)27-22-18-21(26)14-13-20(22)17-23(27)24(29)28(25)30-2/h5-7,10-11,13-14,17-18H,3-4,8,12,15H2,1-2H3. The molecular weight excluding hydrogens is 487 g/mol. The number of hydrogen-bond donors (Lipinski definition) is 0. The van der Waals surface area contributed by atoms with E-state index >= 15 is 0 Å². The number of hydrogen-bond acceptors (Lipinski definition) is 2. The Balaban J connectivity index is 1.79. The van der Waals surface area contributed by atoms with Gasteiger partial charge in [0.1, 0.15) is 5.69 Å². The van der Waals surface area contributed by atoms with Crippen LogP contribution in [-0.2, 0) is 16.9 Å². The van der Waals surface area contributed by atoms with Crippen LogP contribution < -0.4 is 0 Å². The summed E-state index contributed by atoms with van der Waals surface area (Å²) in [4.78, 5) is 18.9. The lowest BCUT2D eigenvalue weighted by Gasteiger charge is -2.34. The fraction of sp³-hybridized carbons (Fsp3) is 0.320. The molecule has 30 heavy (non-hydrogen) atoms. The normalized spacial score (nSPS) is 17.8. The summed E-state index contributed by atoms with van der Waals surface area (Å²) in [7, 11) is 1.56. The van der Waals surface area contributed by atoms with Crippen molar-refractivity contribution in [3.63, 3.8) is 0 Å². The van der Waals surface area contributed by atoms with Gasteiger partial charge in [0.05, 0.1) is 12.6 Å². The van der Waals surface area contributed by atoms with Gasteiger partial charge in [0.15, 0.2) is 0 Å². The number of rotatable bonds is 6. The summed E-state index contributed by atoms with van der Waals surface area (Å²) in [5.41, 5.74) is 2.11. The van der Waals surface area contributed by atoms with Gasteiger partial charge in [0.25, 0.3) is 5.91 Å². The Hall–Kier alpha value is -2.30. The number of carbonyl (C=O) groups excluding carboxylic acids is 1. The minimum Gasteiger partial charge on any atom is -0.300 e. The van der Waals surface area contributed by atoms with Crippen molar-refractivity contribution >= 4 is 39.4 Å². The molecule has 1 aromatic heterocycles. The Morgan fingerprint density at radius 2 is 1.93 bits per heavy atom. The van der Waals surface area contributed by atoms with Gasteiger partial charge in [-0.3, -0.25) is 14.2 Å². The Bertz CT molecular complexity index is 1130. The molecule has 0 spiro atoms. The second-order valence-electron chi connectivity index (χ2n) is 7.56. The van der Waals surface area contributed by atoms with Crippen LogP contribution in [0.4, 0.5) is 0 Å². The number of fused-ring (bicyclic) bond motifs is 3. The molecule has 4 nitrogen and oxygen atoms in total. The first-order valence-corrected chi connectivity index (χ1v) is 11.4. The maximum Gasteiger partial charge on any atom is 0.297 e. The SMILES string of the molecule is CCCCC1(C#CCCc2ccccc2)N(OC)C(=O)c2cc3ccc(I)cc3n21. The molecule has 0 saturated carbocycles. The van der Waals surface area contributed by atoms with Crippen molar-refractivity contribution in [3.8, 4) is 11.8 Å². The molecule has 1 aliphatic rings. The topological polar surface area (TPSA) is 34.5 Å². The van der Waals surface area contributed by atoms with Gasteiger partial charge < -0.3 is 0 Å². The van der Waals surface area contributed by atoms with Crippen LogP contribution in [0.3, 0.4) is 0 Å². The van der Waals surface area contributed by atoms with Crippen molar-refractivity contribution in [2.45, 2.75) is 44.7 Å². The van der Waals surface area contributed by atoms with Crippen molar-refractivity contribution < 1.29 is 9.63 Å². The molecule has 0 aliphatic carbocycles. The predicted octanol–water partition coefficient (Wildman–Crippen LogP) is 5.74. The van der Waals surface area contributed by atoms with Crippen LogP contribution in [-0.4, -0.2) is 22.6 Å². The second-order valence-corrected chi connectivity index (χ2v) is 8.80. The van der Waals surface area contributed by atoms with E-state index < -0.39 is 5.66 Å². The van der Waals surface area contributed by atoms with Crippen LogP contribution >= 0.6 is 22.6 Å². The molecule has 154 valence electrons. The number of aryl methyl sites for hydroxylation is 1. The lowest BCUT2D eigenvalue weighted by Crippen LogP contribution is -2.45. The molecule has 1 unspecified atom stereocenters. The number of amides is 1. The zero-order valence-electron chi connectivity index (χ0n) is 17.3. The summed E-state index contributed by atoms with van der Waals surface area (Å²) in [6.45, 7) is 2.15. The number of carbonyl (C=O) groups is 1. The molecule has 4 rings (SSSR count). The van der Waals surface area contributed by atoms with Crippen LogP contribution in [0, 0.1) is 15.4 Å². The molecule has 1 atom stereocenters. The van der Waals surface area contributed by atoms with E-state index in [1.807, 2.05) is 24.3 Å². The minimum absolute atomic E-state index is 0.128. The lowest BCUT2D eigenvalue weighted by atomic mass is 10.0. The Morgan fingerprint density at radius 1 is 1.13 bits per heavy atom. The third-order valence-corrected chi connectivity index (χ3v) is 6.28. The summed E-state index contributed by atoms with van der Waals surface area (Å²) in [5, 5.41) is 2.54. The molecule has 1 amide bonds. The quantitative estimate of drug-likeness (QED) is 0.312. The van der Waals surface area contributed by atoms with Gasteiger partial charge >= 0.3 is 0 Å². The number of hydroxylamine groups is 2. The number of unbranched alkanes of at least 4 members (excludes halogenated alkanes) is 1. The first-order chi connectivity index (χ1) is 14.6. The monoisotopic (exact) mass is 512 g/mol. The average Bonchev–Trinajstić information content (AvgIpc) is 3.24. The van der Waals surface area contributed by atoms with Crippen molar-refractivity contribution in [1.82, 2.24) is 9.63 Å². The molecule has 2 aromatic carbocycles. The summed E-state index contributed by atoms with van der Waals surface area (Å²) < 4.78 is 3.23. The smallest absolute Gasteiger partial charge is 0.297 e. The van der Waals surface area contributed by atoms with Crippen LogP contribution in [0.15, 0.2) is 54.6 Å². The Labute approximate surface area is 191 Å². The van der Waals surface area contributed by atoms with Gasteiger partial charge in [-0.05, 0) is 65.1 Å². The highest BCUT2D eigenvalue weighted by Crippen LogP contribution is 2.41. The molecule has 0 fully saturated rings. The molecule has 1 aliphatic heterocycles. The zero-order chi connectivity index (χ0) is 21.1. The minimum atomic E-state index is -0.819. The number of nitrogens with zero attached hydrogens (tertiary/aromatic N) is 2. The van der Waals surface area contributed by atoms with Gasteiger partial charge in [-0.25, -0.2) is 0 Å². The Morgan fingerprint density at radius 3 is 2.67 bits per heavy atom. The van der Waals surface area contributed by atoms with E-state index in [9.17, 15) is 4.79 Å². The summed E-state index contributed by atoms with van der Waals surface area (Å²) in [6, 6.07) is 18.6. The number of aromatic nitrogens is 1. The molecule has 2 heterocycles. The van der Waals surface area contributed by atoms with Crippen molar-refractivity contribution in [1.29, 1.82) is 0 Å². The van der Waals surface area contributed by atoms with Crippen molar-refractivity contribution in [2.24, 2.45) is 0 Å². The third kappa shape index (κ3) is 3.63. The zero-order valence-corrected chi connectivity index (χ0v) is 19.5. The van der Waals surface area contributed by atoms with Gasteiger partial charge in [-0.1, -0.05) is 55.7 Å². The average molecular weight is 512 g/mol. The maximum absolute atomic E-state index is 13.2. The van der Waals surface area contributed by atoms with Gasteiger partial charge in [-0.2, -0.15) is 5.06 Å². The van der Waals surface area contributed by atoms with Gasteiger partial charge in [0, 0.05) is 21.8 Å². The summed E-state index contributed by atoms with van der Waals surface area (Å²) in [6.07, 6.45) is 4.31. The van der Waals surface area contributed by atoms with E-state index in [2.05, 4.69) is 76.3 Å². The maximum atomic E-state index is 13.2. The lowest BCUT2D eigenvalue weighted by molar-refractivity contribution is -0.160. The fourth-order valence-electron chi connectivity index (χ4n) is 4.19. The van der Waals surface area contributed by atoms with E-state index in [4.69, 9.17) is 4.84 Å². The van der Waals surface area contributed by atoms with Gasteiger partial charge in [0.2, 0.25) is 5.66 Å². The fourth-order valence-corrected chi connectivity index (χ4v) is 4.66. The number of halogens is 1. The van der Waals surface area contributed by atoms with Crippen molar-refractivity contribution in [3.05, 3.63) is 69.4 Å². The molecular formula is C25H25IN2O2. The first-order valence-electron chi connectivity index (χ1n) is 10.3. The molecule has 0 saturated heterocycles.